The normalized spacial score (nSPS) is 19.4. The van der Waals surface area contributed by atoms with E-state index in [0.717, 1.165) is 35.9 Å². The molecule has 0 spiro atoms. The van der Waals surface area contributed by atoms with Gasteiger partial charge in [-0.2, -0.15) is 5.10 Å². The van der Waals surface area contributed by atoms with Crippen molar-refractivity contribution in [1.29, 1.82) is 0 Å². The Morgan fingerprint density at radius 2 is 1.93 bits per heavy atom. The number of nitrogens with one attached hydrogen (secondary N) is 2. The summed E-state index contributed by atoms with van der Waals surface area (Å²) < 4.78 is 46.6. The van der Waals surface area contributed by atoms with Crippen LogP contribution in [0, 0.1) is 17.5 Å². The summed E-state index contributed by atoms with van der Waals surface area (Å²) in [6, 6.07) is 10.9. The van der Waals surface area contributed by atoms with Crippen molar-refractivity contribution in [3.05, 3.63) is 71.7 Å². The Bertz CT molecular complexity index is 1010. The third-order valence-electron chi connectivity index (χ3n) is 5.22. The van der Waals surface area contributed by atoms with E-state index in [1.807, 2.05) is 19.2 Å². The number of benzene rings is 2. The third-order valence-corrected chi connectivity index (χ3v) is 6.19. The monoisotopic (exact) mass is 418 g/mol. The number of rotatable bonds is 5. The second-order valence-corrected chi connectivity index (χ2v) is 7.96. The lowest BCUT2D eigenvalue weighted by atomic mass is 9.86. The molecule has 152 valence electrons. The van der Waals surface area contributed by atoms with Gasteiger partial charge in [-0.1, -0.05) is 12.1 Å². The third kappa shape index (κ3) is 4.34. The Morgan fingerprint density at radius 3 is 2.66 bits per heavy atom. The van der Waals surface area contributed by atoms with Crippen LogP contribution < -0.4 is 10.0 Å². The van der Waals surface area contributed by atoms with Gasteiger partial charge in [0.2, 0.25) is 0 Å². The molecular formula is C21H21F3N4S. The van der Waals surface area contributed by atoms with Gasteiger partial charge >= 0.3 is 0 Å². The van der Waals surface area contributed by atoms with Crippen molar-refractivity contribution in [3.63, 3.8) is 0 Å². The second-order valence-electron chi connectivity index (χ2n) is 7.08. The average molecular weight is 418 g/mol. The molecule has 2 N–H and O–H groups in total. The van der Waals surface area contributed by atoms with Crippen molar-refractivity contribution in [3.8, 4) is 11.3 Å². The lowest BCUT2D eigenvalue weighted by Gasteiger charge is -2.33. The summed E-state index contributed by atoms with van der Waals surface area (Å²) in [6.45, 7) is 1.45. The zero-order chi connectivity index (χ0) is 20.4. The van der Waals surface area contributed by atoms with Crippen molar-refractivity contribution >= 4 is 11.9 Å². The standard InChI is InChI=1S/C21H21F3N4S/c1-28-20(7-9-26-28)14-3-5-21(18(24)11-14)29-27-19-12-25-8-6-15(19)13-2-4-16(22)17(23)10-13/h2-5,7,9-11,15,19,25,27H,6,8,12H2,1H3/t15-,19?/m0/s1. The summed E-state index contributed by atoms with van der Waals surface area (Å²) in [5, 5.41) is 7.41. The molecule has 0 aliphatic carbocycles. The largest absolute Gasteiger partial charge is 0.315 e. The molecular weight excluding hydrogens is 397 g/mol. The maximum absolute atomic E-state index is 14.6. The molecule has 2 atom stereocenters. The van der Waals surface area contributed by atoms with E-state index in [4.69, 9.17) is 0 Å². The molecule has 2 aromatic carbocycles. The SMILES string of the molecule is Cn1nccc1-c1ccc(SNC2CNCC[C@H]2c2ccc(F)c(F)c2)c(F)c1. The van der Waals surface area contributed by atoms with Crippen molar-refractivity contribution in [2.75, 3.05) is 13.1 Å². The lowest BCUT2D eigenvalue weighted by molar-refractivity contribution is 0.384. The molecule has 4 rings (SSSR count). The topological polar surface area (TPSA) is 41.9 Å². The highest BCUT2D eigenvalue weighted by Crippen LogP contribution is 2.31. The maximum atomic E-state index is 14.6. The van der Waals surface area contributed by atoms with Crippen LogP contribution in [0.4, 0.5) is 13.2 Å². The van der Waals surface area contributed by atoms with E-state index in [-0.39, 0.29) is 17.8 Å². The fraction of sp³-hybridized carbons (Fsp3) is 0.286. The van der Waals surface area contributed by atoms with Crippen LogP contribution in [0.1, 0.15) is 17.9 Å². The first-order valence-electron chi connectivity index (χ1n) is 9.39. The molecule has 4 nitrogen and oxygen atoms in total. The van der Waals surface area contributed by atoms with Crippen LogP contribution in [-0.2, 0) is 7.05 Å². The summed E-state index contributed by atoms with van der Waals surface area (Å²) >= 11 is 1.21. The first kappa shape index (κ1) is 20.0. The second kappa shape index (κ2) is 8.61. The number of halogens is 3. The molecule has 1 aromatic heterocycles. The highest BCUT2D eigenvalue weighted by atomic mass is 32.2. The number of aromatic nitrogens is 2. The molecule has 2 heterocycles. The van der Waals surface area contributed by atoms with Gasteiger partial charge in [0.25, 0.3) is 0 Å². The number of aryl methyl sites for hydroxylation is 1. The minimum Gasteiger partial charge on any atom is -0.315 e. The van der Waals surface area contributed by atoms with Crippen LogP contribution in [0.3, 0.4) is 0 Å². The zero-order valence-corrected chi connectivity index (χ0v) is 16.6. The fourth-order valence-electron chi connectivity index (χ4n) is 3.66. The van der Waals surface area contributed by atoms with E-state index in [1.165, 1.54) is 24.1 Å². The van der Waals surface area contributed by atoms with E-state index < -0.39 is 11.6 Å². The van der Waals surface area contributed by atoms with Gasteiger partial charge < -0.3 is 5.32 Å². The molecule has 0 radical (unpaired) electrons. The van der Waals surface area contributed by atoms with E-state index >= 15 is 0 Å². The minimum atomic E-state index is -0.850. The summed E-state index contributed by atoms with van der Waals surface area (Å²) in [6.07, 6.45) is 2.46. The molecule has 1 fully saturated rings. The van der Waals surface area contributed by atoms with Gasteiger partial charge in [0.05, 0.1) is 10.6 Å². The van der Waals surface area contributed by atoms with Crippen LogP contribution in [0.5, 0.6) is 0 Å². The average Bonchev–Trinajstić information content (AvgIpc) is 3.15. The first-order valence-corrected chi connectivity index (χ1v) is 10.2. The van der Waals surface area contributed by atoms with Gasteiger partial charge in [0, 0.05) is 37.3 Å². The molecule has 1 saturated heterocycles. The molecule has 3 aromatic rings. The van der Waals surface area contributed by atoms with Crippen LogP contribution in [0.25, 0.3) is 11.3 Å². The van der Waals surface area contributed by atoms with Crippen LogP contribution in [0.2, 0.25) is 0 Å². The van der Waals surface area contributed by atoms with Gasteiger partial charge in [0.1, 0.15) is 5.82 Å². The van der Waals surface area contributed by atoms with Crippen molar-refractivity contribution in [2.24, 2.45) is 7.05 Å². The molecule has 0 bridgehead atoms. The maximum Gasteiger partial charge on any atom is 0.159 e. The summed E-state index contributed by atoms with van der Waals surface area (Å²) in [7, 11) is 1.81. The Labute approximate surface area is 171 Å². The molecule has 1 unspecified atom stereocenters. The lowest BCUT2D eigenvalue weighted by Crippen LogP contribution is -2.45. The van der Waals surface area contributed by atoms with Gasteiger partial charge in [-0.3, -0.25) is 9.40 Å². The molecule has 0 amide bonds. The number of hydrogen-bond acceptors (Lipinski definition) is 4. The predicted octanol–water partition coefficient (Wildman–Crippen LogP) is 4.25. The summed E-state index contributed by atoms with van der Waals surface area (Å²) in [5.41, 5.74) is 2.34. The summed E-state index contributed by atoms with van der Waals surface area (Å²) in [4.78, 5) is 0.477. The van der Waals surface area contributed by atoms with E-state index in [1.54, 1.807) is 23.0 Å². The van der Waals surface area contributed by atoms with Crippen molar-refractivity contribution < 1.29 is 13.2 Å². The van der Waals surface area contributed by atoms with Gasteiger partial charge in [-0.05, 0) is 60.8 Å². The smallest absolute Gasteiger partial charge is 0.159 e. The van der Waals surface area contributed by atoms with E-state index in [0.29, 0.717) is 11.4 Å². The highest BCUT2D eigenvalue weighted by molar-refractivity contribution is 7.97. The molecule has 1 aliphatic heterocycles. The van der Waals surface area contributed by atoms with Crippen LogP contribution in [0.15, 0.2) is 53.6 Å². The predicted molar refractivity (Wildman–Crippen MR) is 108 cm³/mol. The minimum absolute atomic E-state index is 0.00984. The van der Waals surface area contributed by atoms with E-state index in [2.05, 4.69) is 15.1 Å². The first-order chi connectivity index (χ1) is 14.0. The number of nitrogens with zero attached hydrogens (tertiary/aromatic N) is 2. The van der Waals surface area contributed by atoms with Crippen molar-refractivity contribution in [2.45, 2.75) is 23.3 Å². The zero-order valence-electron chi connectivity index (χ0n) is 15.8. The number of hydrogen-bond donors (Lipinski definition) is 2. The van der Waals surface area contributed by atoms with Gasteiger partial charge in [-0.15, -0.1) is 0 Å². The summed E-state index contributed by atoms with van der Waals surface area (Å²) in [5.74, 6) is -2.01. The van der Waals surface area contributed by atoms with E-state index in [9.17, 15) is 13.2 Å². The van der Waals surface area contributed by atoms with Gasteiger partial charge in [0.15, 0.2) is 11.6 Å². The quantitative estimate of drug-likeness (QED) is 0.608. The molecule has 8 heteroatoms. The van der Waals surface area contributed by atoms with Crippen LogP contribution >= 0.6 is 11.9 Å². The highest BCUT2D eigenvalue weighted by Gasteiger charge is 2.27. The van der Waals surface area contributed by atoms with Crippen molar-refractivity contribution in [1.82, 2.24) is 19.8 Å². The fourth-order valence-corrected chi connectivity index (χ4v) is 4.48. The Kier molecular flexibility index (Phi) is 5.94. The molecule has 29 heavy (non-hydrogen) atoms. The molecule has 1 aliphatic rings. The number of piperidine rings is 1. The Hall–Kier alpha value is -2.29. The Balaban J connectivity index is 1.48. The van der Waals surface area contributed by atoms with Crippen LogP contribution in [-0.4, -0.2) is 28.9 Å². The van der Waals surface area contributed by atoms with Gasteiger partial charge in [-0.25, -0.2) is 13.2 Å². The molecule has 0 saturated carbocycles. The Morgan fingerprint density at radius 1 is 1.07 bits per heavy atom.